The van der Waals surface area contributed by atoms with Crippen molar-refractivity contribution in [2.45, 2.75) is 57.3 Å². The number of aliphatic carboxylic acids is 1. The zero-order valence-electron chi connectivity index (χ0n) is 21.3. The molecule has 37 heavy (non-hydrogen) atoms. The van der Waals surface area contributed by atoms with Crippen LogP contribution in [-0.4, -0.2) is 81.7 Å². The largest absolute Gasteiger partial charge is 0.480 e. The Balaban J connectivity index is 2.12. The van der Waals surface area contributed by atoms with E-state index in [1.54, 1.807) is 13.1 Å². The number of hydrogen-bond acceptors (Lipinski definition) is 7. The van der Waals surface area contributed by atoms with E-state index in [4.69, 9.17) is 5.73 Å². The Kier molecular flexibility index (Phi) is 11.9. The molecule has 2 rings (SSSR count). The quantitative estimate of drug-likeness (QED) is 0.170. The van der Waals surface area contributed by atoms with E-state index >= 15 is 0 Å². The van der Waals surface area contributed by atoms with Crippen LogP contribution in [0.3, 0.4) is 0 Å². The van der Waals surface area contributed by atoms with E-state index in [9.17, 15) is 29.4 Å². The topological polar surface area (TPSA) is 187 Å². The lowest BCUT2D eigenvalue weighted by molar-refractivity contribution is -0.142. The van der Waals surface area contributed by atoms with Gasteiger partial charge in [-0.25, -0.2) is 4.79 Å². The Morgan fingerprint density at radius 2 is 1.73 bits per heavy atom. The number of carboxylic acids is 1. The van der Waals surface area contributed by atoms with Gasteiger partial charge in [-0.05, 0) is 36.0 Å². The molecule has 0 spiro atoms. The zero-order valence-corrected chi connectivity index (χ0v) is 22.1. The van der Waals surface area contributed by atoms with Gasteiger partial charge in [0.1, 0.15) is 18.1 Å². The highest BCUT2D eigenvalue weighted by Crippen LogP contribution is 2.19. The van der Waals surface area contributed by atoms with E-state index in [1.807, 2.05) is 37.4 Å². The zero-order chi connectivity index (χ0) is 27.5. The van der Waals surface area contributed by atoms with Gasteiger partial charge < -0.3 is 36.9 Å². The minimum atomic E-state index is -1.31. The van der Waals surface area contributed by atoms with Gasteiger partial charge in [-0.15, -0.1) is 0 Å². The fourth-order valence-electron chi connectivity index (χ4n) is 3.79. The molecule has 0 saturated carbocycles. The number of aliphatic hydroxyl groups excluding tert-OH is 1. The number of nitrogens with two attached hydrogens (primary N) is 1. The molecule has 0 fully saturated rings. The monoisotopic (exact) mass is 535 g/mol. The summed E-state index contributed by atoms with van der Waals surface area (Å²) in [6.45, 7) is 2.87. The van der Waals surface area contributed by atoms with Gasteiger partial charge in [-0.2, -0.15) is 11.8 Å². The minimum Gasteiger partial charge on any atom is -0.480 e. The summed E-state index contributed by atoms with van der Waals surface area (Å²) in [5, 5.41) is 27.9. The highest BCUT2D eigenvalue weighted by molar-refractivity contribution is 7.98. The Hall–Kier alpha value is -3.09. The summed E-state index contributed by atoms with van der Waals surface area (Å²) in [6.07, 6.45) is 4.53. The highest BCUT2D eigenvalue weighted by atomic mass is 32.2. The van der Waals surface area contributed by atoms with Crippen molar-refractivity contribution in [3.63, 3.8) is 0 Å². The van der Waals surface area contributed by atoms with Crippen LogP contribution >= 0.6 is 11.8 Å². The summed E-state index contributed by atoms with van der Waals surface area (Å²) >= 11 is 1.53. The second-order valence-corrected chi connectivity index (χ2v) is 9.95. The van der Waals surface area contributed by atoms with Crippen LogP contribution in [0.5, 0.6) is 0 Å². The predicted octanol–water partition coefficient (Wildman–Crippen LogP) is 0.368. The third-order valence-electron chi connectivity index (χ3n) is 6.29. The van der Waals surface area contributed by atoms with Gasteiger partial charge in [-0.3, -0.25) is 14.4 Å². The molecule has 0 bridgehead atoms. The second-order valence-electron chi connectivity index (χ2n) is 8.97. The molecule has 12 heteroatoms. The Bertz CT molecular complexity index is 1080. The maximum atomic E-state index is 13.2. The molecule has 5 unspecified atom stereocenters. The fraction of sp³-hybridized carbons (Fsp3) is 0.520. The Labute approximate surface area is 220 Å². The number of para-hydroxylation sites is 1. The highest BCUT2D eigenvalue weighted by Gasteiger charge is 2.32. The van der Waals surface area contributed by atoms with Crippen molar-refractivity contribution in [1.29, 1.82) is 0 Å². The van der Waals surface area contributed by atoms with Gasteiger partial charge in [0.25, 0.3) is 0 Å². The molecule has 0 aliphatic carbocycles. The number of carbonyl (C=O) groups excluding carboxylic acids is 3. The summed E-state index contributed by atoms with van der Waals surface area (Å²) < 4.78 is 0. The third-order valence-corrected chi connectivity index (χ3v) is 6.94. The van der Waals surface area contributed by atoms with E-state index in [0.29, 0.717) is 18.6 Å². The number of carboxylic acid groups (broad SMARTS) is 1. The molecule has 0 aliphatic heterocycles. The number of nitrogens with one attached hydrogen (secondary N) is 4. The average molecular weight is 536 g/mol. The van der Waals surface area contributed by atoms with Crippen LogP contribution in [0.2, 0.25) is 0 Å². The van der Waals surface area contributed by atoms with Gasteiger partial charge in [0.2, 0.25) is 17.7 Å². The van der Waals surface area contributed by atoms with Crippen LogP contribution in [-0.2, 0) is 25.6 Å². The number of aliphatic hydroxyl groups is 1. The molecule has 0 radical (unpaired) electrons. The molecule has 3 amide bonds. The standard InChI is InChI=1S/C25H37N5O6S/c1-4-14(2)21(30-23(33)20(13-31)29-22(32)17(26)9-10-37-3)24(34)28-19(25(35)36)11-15-12-27-18-8-6-5-7-16(15)18/h5-8,12,14,17,19-21,27,31H,4,9-11,13,26H2,1-3H3,(H,28,34)(H,29,32)(H,30,33)(H,35,36). The van der Waals surface area contributed by atoms with Crippen molar-refractivity contribution in [1.82, 2.24) is 20.9 Å². The smallest absolute Gasteiger partial charge is 0.326 e. The molecule has 1 heterocycles. The number of fused-ring (bicyclic) bond motifs is 1. The van der Waals surface area contributed by atoms with Crippen molar-refractivity contribution >= 4 is 46.4 Å². The molecule has 0 aliphatic rings. The lowest BCUT2D eigenvalue weighted by atomic mass is 9.97. The molecule has 5 atom stereocenters. The minimum absolute atomic E-state index is 0.0372. The van der Waals surface area contributed by atoms with Crippen LogP contribution in [0.4, 0.5) is 0 Å². The third kappa shape index (κ3) is 8.48. The van der Waals surface area contributed by atoms with Gasteiger partial charge in [0.05, 0.1) is 12.6 Å². The van der Waals surface area contributed by atoms with Crippen molar-refractivity contribution < 1.29 is 29.4 Å². The molecule has 0 saturated heterocycles. The normalized spacial score (nSPS) is 15.3. The number of aromatic amines is 1. The number of thioether (sulfide) groups is 1. The molecular formula is C25H37N5O6S. The van der Waals surface area contributed by atoms with E-state index in [2.05, 4.69) is 20.9 Å². The first-order valence-corrected chi connectivity index (χ1v) is 13.6. The molecule has 1 aromatic carbocycles. The van der Waals surface area contributed by atoms with Crippen LogP contribution in [0.1, 0.15) is 32.3 Å². The van der Waals surface area contributed by atoms with Gasteiger partial charge >= 0.3 is 5.97 Å². The van der Waals surface area contributed by atoms with Crippen LogP contribution in [0.15, 0.2) is 30.5 Å². The first-order chi connectivity index (χ1) is 17.6. The summed E-state index contributed by atoms with van der Waals surface area (Å²) in [6, 6.07) is 2.95. The lowest BCUT2D eigenvalue weighted by Gasteiger charge is -2.27. The van der Waals surface area contributed by atoms with E-state index in [0.717, 1.165) is 16.5 Å². The molecule has 204 valence electrons. The summed E-state index contributed by atoms with van der Waals surface area (Å²) in [4.78, 5) is 53.4. The predicted molar refractivity (Wildman–Crippen MR) is 143 cm³/mol. The Morgan fingerprint density at radius 1 is 1.05 bits per heavy atom. The van der Waals surface area contributed by atoms with Gasteiger partial charge in [0, 0.05) is 23.5 Å². The average Bonchev–Trinajstić information content (AvgIpc) is 3.30. The maximum absolute atomic E-state index is 13.2. The van der Waals surface area contributed by atoms with Crippen LogP contribution < -0.4 is 21.7 Å². The molecule has 2 aromatic rings. The first kappa shape index (κ1) is 30.1. The number of amides is 3. The second kappa shape index (κ2) is 14.6. The van der Waals surface area contributed by atoms with Crippen molar-refractivity contribution in [2.24, 2.45) is 11.7 Å². The number of hydrogen-bond donors (Lipinski definition) is 7. The van der Waals surface area contributed by atoms with E-state index < -0.39 is 54.5 Å². The SMILES string of the molecule is CCC(C)C(NC(=O)C(CO)NC(=O)C(N)CCSC)C(=O)NC(Cc1c[nH]c2ccccc12)C(=O)O. The number of benzene rings is 1. The summed E-state index contributed by atoms with van der Waals surface area (Å²) in [5.41, 5.74) is 7.42. The Morgan fingerprint density at radius 3 is 2.35 bits per heavy atom. The molecule has 11 nitrogen and oxygen atoms in total. The first-order valence-electron chi connectivity index (χ1n) is 12.2. The molecular weight excluding hydrogens is 498 g/mol. The maximum Gasteiger partial charge on any atom is 0.326 e. The van der Waals surface area contributed by atoms with Crippen LogP contribution in [0.25, 0.3) is 10.9 Å². The lowest BCUT2D eigenvalue weighted by Crippen LogP contribution is -2.59. The number of aromatic nitrogens is 1. The van der Waals surface area contributed by atoms with E-state index in [1.165, 1.54) is 11.8 Å². The summed E-state index contributed by atoms with van der Waals surface area (Å²) in [7, 11) is 0. The molecule has 8 N–H and O–H groups in total. The van der Waals surface area contributed by atoms with Crippen molar-refractivity contribution in [3.05, 3.63) is 36.0 Å². The van der Waals surface area contributed by atoms with Crippen molar-refractivity contribution in [2.75, 3.05) is 18.6 Å². The number of rotatable bonds is 15. The number of carbonyl (C=O) groups is 4. The summed E-state index contributed by atoms with van der Waals surface area (Å²) in [5.74, 6) is -2.94. The van der Waals surface area contributed by atoms with E-state index in [-0.39, 0.29) is 12.3 Å². The number of H-pyrrole nitrogens is 1. The van der Waals surface area contributed by atoms with Crippen molar-refractivity contribution in [3.8, 4) is 0 Å². The molecule has 1 aromatic heterocycles. The van der Waals surface area contributed by atoms with Crippen LogP contribution in [0, 0.1) is 5.92 Å². The van der Waals surface area contributed by atoms with Gasteiger partial charge in [-0.1, -0.05) is 38.5 Å². The van der Waals surface area contributed by atoms with Gasteiger partial charge in [0.15, 0.2) is 0 Å². The fourth-order valence-corrected chi connectivity index (χ4v) is 4.28.